The summed E-state index contributed by atoms with van der Waals surface area (Å²) in [5.41, 5.74) is 1.33. The minimum Gasteiger partial charge on any atom is -0.444 e. The number of aliphatic imine (C=N–C) groups is 1. The number of ether oxygens (including phenoxy) is 1. The zero-order chi connectivity index (χ0) is 18.0. The van der Waals surface area contributed by atoms with Crippen LogP contribution in [-0.2, 0) is 16.0 Å². The fourth-order valence-electron chi connectivity index (χ4n) is 4.22. The minimum absolute atomic E-state index is 0.176. The maximum absolute atomic E-state index is 12.5. The third-order valence-electron chi connectivity index (χ3n) is 5.10. The Balaban J connectivity index is 1.68. The van der Waals surface area contributed by atoms with E-state index in [9.17, 15) is 9.59 Å². The molecule has 2 fully saturated rings. The van der Waals surface area contributed by atoms with Gasteiger partial charge in [0.2, 0.25) is 6.08 Å². The fourth-order valence-corrected chi connectivity index (χ4v) is 4.22. The molecule has 0 spiro atoms. The molecule has 0 radical (unpaired) electrons. The smallest absolute Gasteiger partial charge is 0.410 e. The second kappa shape index (κ2) is 7.01. The van der Waals surface area contributed by atoms with Gasteiger partial charge in [0.25, 0.3) is 0 Å². The summed E-state index contributed by atoms with van der Waals surface area (Å²) < 4.78 is 5.59. The highest BCUT2D eigenvalue weighted by atomic mass is 16.6. The van der Waals surface area contributed by atoms with Gasteiger partial charge in [-0.05, 0) is 70.4 Å². The Hall–Kier alpha value is -2.13. The molecule has 1 aromatic rings. The molecule has 5 heteroatoms. The number of hydrogen-bond acceptors (Lipinski definition) is 4. The van der Waals surface area contributed by atoms with Gasteiger partial charge in [-0.3, -0.25) is 0 Å². The lowest BCUT2D eigenvalue weighted by molar-refractivity contribution is 0.00216. The van der Waals surface area contributed by atoms with E-state index >= 15 is 0 Å². The van der Waals surface area contributed by atoms with E-state index in [2.05, 4.69) is 4.99 Å². The molecule has 2 atom stereocenters. The van der Waals surface area contributed by atoms with Crippen LogP contribution >= 0.6 is 0 Å². The standard InChI is InChI=1S/C20H26N2O3/c1-20(2,3)25-19(24)22-16-8-9-17(22)12-14(11-16)10-15-6-4-5-7-18(15)21-13-23/h4-7,14,16-17H,8-12H2,1-3H3. The number of hydrogen-bond donors (Lipinski definition) is 0. The summed E-state index contributed by atoms with van der Waals surface area (Å²) in [5, 5.41) is 0. The molecule has 0 aliphatic carbocycles. The van der Waals surface area contributed by atoms with Gasteiger partial charge in [-0.1, -0.05) is 18.2 Å². The third-order valence-corrected chi connectivity index (χ3v) is 5.10. The maximum atomic E-state index is 12.5. The molecule has 2 aliphatic heterocycles. The van der Waals surface area contributed by atoms with Gasteiger partial charge in [-0.2, -0.15) is 4.99 Å². The van der Waals surface area contributed by atoms with Crippen LogP contribution in [0.1, 0.15) is 52.0 Å². The highest BCUT2D eigenvalue weighted by Gasteiger charge is 2.44. The average Bonchev–Trinajstić information content (AvgIpc) is 2.79. The summed E-state index contributed by atoms with van der Waals surface area (Å²) in [6.45, 7) is 5.72. The lowest BCUT2D eigenvalue weighted by Gasteiger charge is -2.39. The summed E-state index contributed by atoms with van der Waals surface area (Å²) in [6.07, 6.45) is 6.41. The molecule has 3 rings (SSSR count). The van der Waals surface area contributed by atoms with E-state index in [0.717, 1.165) is 37.7 Å². The Morgan fingerprint density at radius 1 is 1.24 bits per heavy atom. The molecular formula is C20H26N2O3. The lowest BCUT2D eigenvalue weighted by Crippen LogP contribution is -2.48. The highest BCUT2D eigenvalue weighted by molar-refractivity contribution is 5.69. The number of carbonyl (C=O) groups is 1. The first-order valence-electron chi connectivity index (χ1n) is 9.04. The van der Waals surface area contributed by atoms with Gasteiger partial charge in [-0.25, -0.2) is 9.59 Å². The summed E-state index contributed by atoms with van der Waals surface area (Å²) in [4.78, 5) is 28.9. The second-order valence-electron chi connectivity index (χ2n) is 8.15. The van der Waals surface area contributed by atoms with Crippen molar-refractivity contribution in [1.82, 2.24) is 4.90 Å². The molecule has 0 saturated carbocycles. The van der Waals surface area contributed by atoms with Crippen LogP contribution in [0.2, 0.25) is 0 Å². The van der Waals surface area contributed by atoms with Gasteiger partial charge in [0.05, 0.1) is 5.69 Å². The zero-order valence-electron chi connectivity index (χ0n) is 15.2. The van der Waals surface area contributed by atoms with Crippen molar-refractivity contribution >= 4 is 17.9 Å². The average molecular weight is 342 g/mol. The number of fused-ring (bicyclic) bond motifs is 2. The van der Waals surface area contributed by atoms with Crippen molar-refractivity contribution in [3.05, 3.63) is 29.8 Å². The number of benzene rings is 1. The largest absolute Gasteiger partial charge is 0.444 e. The second-order valence-corrected chi connectivity index (χ2v) is 8.15. The molecule has 2 saturated heterocycles. The molecule has 134 valence electrons. The number of rotatable bonds is 3. The summed E-state index contributed by atoms with van der Waals surface area (Å²) in [7, 11) is 0. The van der Waals surface area contributed by atoms with Crippen LogP contribution in [0.15, 0.2) is 29.3 Å². The molecule has 2 aliphatic rings. The first-order chi connectivity index (χ1) is 11.9. The Morgan fingerprint density at radius 3 is 2.48 bits per heavy atom. The van der Waals surface area contributed by atoms with Gasteiger partial charge in [0, 0.05) is 12.1 Å². The van der Waals surface area contributed by atoms with E-state index in [1.54, 1.807) is 6.08 Å². The van der Waals surface area contributed by atoms with Gasteiger partial charge in [0.1, 0.15) is 5.60 Å². The van der Waals surface area contributed by atoms with Crippen LogP contribution in [0.25, 0.3) is 0 Å². The van der Waals surface area contributed by atoms with E-state index in [1.165, 1.54) is 0 Å². The molecule has 1 amide bonds. The molecule has 2 heterocycles. The Morgan fingerprint density at radius 2 is 1.88 bits per heavy atom. The van der Waals surface area contributed by atoms with Crippen LogP contribution in [0.3, 0.4) is 0 Å². The SMILES string of the molecule is CC(C)(C)OC(=O)N1C2CCC1CC(Cc1ccccc1N=C=O)C2. The third kappa shape index (κ3) is 4.10. The van der Waals surface area contributed by atoms with Crippen LogP contribution < -0.4 is 0 Å². The minimum atomic E-state index is -0.459. The number of isocyanates is 1. The number of carbonyl (C=O) groups excluding carboxylic acids is 2. The number of para-hydroxylation sites is 1. The molecule has 2 unspecified atom stereocenters. The molecule has 1 aromatic carbocycles. The van der Waals surface area contributed by atoms with Gasteiger partial charge < -0.3 is 9.64 Å². The molecule has 0 aromatic heterocycles. The quantitative estimate of drug-likeness (QED) is 0.605. The van der Waals surface area contributed by atoms with E-state index in [-0.39, 0.29) is 18.2 Å². The van der Waals surface area contributed by atoms with E-state index in [0.29, 0.717) is 11.6 Å². The Labute approximate surface area is 149 Å². The summed E-state index contributed by atoms with van der Waals surface area (Å²) in [6, 6.07) is 8.27. The molecule has 2 bridgehead atoms. The van der Waals surface area contributed by atoms with Crippen LogP contribution in [0, 0.1) is 5.92 Å². The van der Waals surface area contributed by atoms with Gasteiger partial charge in [0.15, 0.2) is 0 Å². The summed E-state index contributed by atoms with van der Waals surface area (Å²) >= 11 is 0. The Kier molecular flexibility index (Phi) is 4.96. The fraction of sp³-hybridized carbons (Fsp3) is 0.600. The van der Waals surface area contributed by atoms with Crippen molar-refractivity contribution in [1.29, 1.82) is 0 Å². The first kappa shape index (κ1) is 17.7. The number of amides is 1. The number of nitrogens with zero attached hydrogens (tertiary/aromatic N) is 2. The van der Waals surface area contributed by atoms with E-state index in [1.807, 2.05) is 49.9 Å². The summed E-state index contributed by atoms with van der Waals surface area (Å²) in [5.74, 6) is 0.499. The van der Waals surface area contributed by atoms with E-state index in [4.69, 9.17) is 4.74 Å². The predicted octanol–water partition coefficient (Wildman–Crippen LogP) is 4.37. The predicted molar refractivity (Wildman–Crippen MR) is 95.5 cm³/mol. The van der Waals surface area contributed by atoms with Crippen LogP contribution in [0.4, 0.5) is 10.5 Å². The molecule has 0 N–H and O–H groups in total. The van der Waals surface area contributed by atoms with Gasteiger partial charge in [-0.15, -0.1) is 0 Å². The topological polar surface area (TPSA) is 59.0 Å². The van der Waals surface area contributed by atoms with Crippen molar-refractivity contribution in [3.8, 4) is 0 Å². The van der Waals surface area contributed by atoms with Crippen molar-refractivity contribution < 1.29 is 14.3 Å². The van der Waals surface area contributed by atoms with Crippen molar-refractivity contribution in [2.24, 2.45) is 10.9 Å². The monoisotopic (exact) mass is 342 g/mol. The normalized spacial score (nSPS) is 25.4. The zero-order valence-corrected chi connectivity index (χ0v) is 15.2. The molecule has 5 nitrogen and oxygen atoms in total. The van der Waals surface area contributed by atoms with Gasteiger partial charge >= 0.3 is 6.09 Å². The first-order valence-corrected chi connectivity index (χ1v) is 9.04. The van der Waals surface area contributed by atoms with E-state index < -0.39 is 5.60 Å². The van der Waals surface area contributed by atoms with Crippen molar-refractivity contribution in [2.75, 3.05) is 0 Å². The van der Waals surface area contributed by atoms with Crippen LogP contribution in [-0.4, -0.2) is 34.8 Å². The molecule has 25 heavy (non-hydrogen) atoms. The number of piperidine rings is 1. The lowest BCUT2D eigenvalue weighted by atomic mass is 9.85. The van der Waals surface area contributed by atoms with Crippen LogP contribution in [0.5, 0.6) is 0 Å². The molecular weight excluding hydrogens is 316 g/mol. The van der Waals surface area contributed by atoms with Crippen molar-refractivity contribution in [2.45, 2.75) is 70.6 Å². The maximum Gasteiger partial charge on any atom is 0.410 e. The van der Waals surface area contributed by atoms with Crippen molar-refractivity contribution in [3.63, 3.8) is 0 Å². The Bertz CT molecular complexity index is 674. The highest BCUT2D eigenvalue weighted by Crippen LogP contribution is 2.41.